The third-order valence-corrected chi connectivity index (χ3v) is 2.22. The Hall–Kier alpha value is -1.10. The van der Waals surface area contributed by atoms with E-state index >= 15 is 0 Å². The Labute approximate surface area is 104 Å². The summed E-state index contributed by atoms with van der Waals surface area (Å²) < 4.78 is 0. The lowest BCUT2D eigenvalue weighted by atomic mass is 10.1. The summed E-state index contributed by atoms with van der Waals surface area (Å²) in [5.74, 6) is 0. The van der Waals surface area contributed by atoms with Crippen LogP contribution in [0.1, 0.15) is 12.0 Å². The van der Waals surface area contributed by atoms with E-state index in [0.29, 0.717) is 12.8 Å². The summed E-state index contributed by atoms with van der Waals surface area (Å²) in [6.45, 7) is -0.253. The first-order valence-corrected chi connectivity index (χ1v) is 5.27. The van der Waals surface area contributed by atoms with Gasteiger partial charge in [-0.3, -0.25) is 20.8 Å². The summed E-state index contributed by atoms with van der Waals surface area (Å²) in [6.07, 6.45) is 0.261. The Kier molecular flexibility index (Phi) is 6.72. The molecule has 0 fully saturated rings. The molecule has 0 spiro atoms. The SMILES string of the molecule is ON(O)OCC(CCc1ccccc1)ON(O)O. The van der Waals surface area contributed by atoms with Gasteiger partial charge in [-0.1, -0.05) is 30.3 Å². The minimum atomic E-state index is -0.748. The highest BCUT2D eigenvalue weighted by Gasteiger charge is 2.15. The summed E-state index contributed by atoms with van der Waals surface area (Å²) in [5.41, 5.74) is 1.04. The summed E-state index contributed by atoms with van der Waals surface area (Å²) in [4.78, 5) is 8.96. The highest BCUT2D eigenvalue weighted by atomic mass is 17.1. The van der Waals surface area contributed by atoms with E-state index < -0.39 is 16.9 Å². The molecule has 0 saturated carbocycles. The molecule has 18 heavy (non-hydrogen) atoms. The predicted octanol–water partition coefficient (Wildman–Crippen LogP) is 1.01. The summed E-state index contributed by atoms with van der Waals surface area (Å²) in [5, 5.41) is 33.0. The maximum absolute atomic E-state index is 8.56. The highest BCUT2D eigenvalue weighted by Crippen LogP contribution is 2.08. The second kappa shape index (κ2) is 8.08. The van der Waals surface area contributed by atoms with Gasteiger partial charge >= 0.3 is 0 Å². The van der Waals surface area contributed by atoms with Gasteiger partial charge in [-0.25, -0.2) is 9.68 Å². The molecule has 0 amide bonds. The van der Waals surface area contributed by atoms with Crippen LogP contribution in [0, 0.1) is 0 Å². The quantitative estimate of drug-likeness (QED) is 0.513. The topological polar surface area (TPSA) is 106 Å². The zero-order valence-electron chi connectivity index (χ0n) is 9.59. The Morgan fingerprint density at radius 3 is 2.22 bits per heavy atom. The van der Waals surface area contributed by atoms with E-state index in [0.717, 1.165) is 5.56 Å². The Morgan fingerprint density at radius 2 is 1.67 bits per heavy atom. The number of hydrogen-bond donors (Lipinski definition) is 4. The van der Waals surface area contributed by atoms with Crippen LogP contribution in [-0.2, 0) is 16.1 Å². The van der Waals surface area contributed by atoms with Gasteiger partial charge in [0, 0.05) is 0 Å². The van der Waals surface area contributed by atoms with Crippen molar-refractivity contribution in [1.29, 1.82) is 0 Å². The van der Waals surface area contributed by atoms with Gasteiger partial charge in [0.25, 0.3) is 0 Å². The predicted molar refractivity (Wildman–Crippen MR) is 56.4 cm³/mol. The molecular weight excluding hydrogens is 244 g/mol. The van der Waals surface area contributed by atoms with Crippen LogP contribution in [0.3, 0.4) is 0 Å². The van der Waals surface area contributed by atoms with E-state index in [-0.39, 0.29) is 6.61 Å². The Morgan fingerprint density at radius 1 is 1.00 bits per heavy atom. The smallest absolute Gasteiger partial charge is 0.110 e. The van der Waals surface area contributed by atoms with Crippen LogP contribution >= 0.6 is 0 Å². The first-order chi connectivity index (χ1) is 8.58. The van der Waals surface area contributed by atoms with Crippen LogP contribution in [-0.4, -0.2) is 44.3 Å². The van der Waals surface area contributed by atoms with Crippen molar-refractivity contribution < 1.29 is 30.5 Å². The molecule has 0 bridgehead atoms. The second-order valence-corrected chi connectivity index (χ2v) is 3.55. The third-order valence-electron chi connectivity index (χ3n) is 2.22. The summed E-state index contributed by atoms with van der Waals surface area (Å²) >= 11 is 0. The van der Waals surface area contributed by atoms with Gasteiger partial charge in [-0.15, -0.1) is 0 Å². The average Bonchev–Trinajstić information content (AvgIpc) is 2.33. The molecule has 8 nitrogen and oxygen atoms in total. The molecule has 0 heterocycles. The normalized spacial score (nSPS) is 13.2. The van der Waals surface area contributed by atoms with Crippen molar-refractivity contribution in [3.63, 3.8) is 0 Å². The summed E-state index contributed by atoms with van der Waals surface area (Å²) in [6, 6.07) is 9.49. The van der Waals surface area contributed by atoms with E-state index in [9.17, 15) is 0 Å². The van der Waals surface area contributed by atoms with Crippen molar-refractivity contribution in [3.05, 3.63) is 35.9 Å². The Bertz CT molecular complexity index is 321. The molecule has 1 aromatic rings. The molecule has 4 N–H and O–H groups in total. The number of hydrogen-bond acceptors (Lipinski definition) is 8. The van der Waals surface area contributed by atoms with Crippen LogP contribution in [0.5, 0.6) is 0 Å². The van der Waals surface area contributed by atoms with Crippen LogP contribution in [0.25, 0.3) is 0 Å². The molecule has 0 aromatic heterocycles. The van der Waals surface area contributed by atoms with Crippen molar-refractivity contribution >= 4 is 0 Å². The van der Waals surface area contributed by atoms with Gasteiger partial charge in [0.1, 0.15) is 12.7 Å². The largest absolute Gasteiger partial charge is 0.266 e. The monoisotopic (exact) mass is 260 g/mol. The van der Waals surface area contributed by atoms with Crippen molar-refractivity contribution in [2.75, 3.05) is 6.61 Å². The molecule has 1 rings (SSSR count). The standard InChI is InChI=1S/C10H16N2O6/c13-11(14)17-8-10(18-12(15)16)7-6-9-4-2-1-3-5-9/h1-5,10,13-16H,6-8H2. The van der Waals surface area contributed by atoms with Crippen molar-refractivity contribution in [2.45, 2.75) is 18.9 Å². The number of rotatable bonds is 8. The Balaban J connectivity index is 2.40. The molecule has 1 unspecified atom stereocenters. The maximum atomic E-state index is 8.56. The van der Waals surface area contributed by atoms with E-state index in [1.54, 1.807) is 0 Å². The molecule has 0 radical (unpaired) electrons. The van der Waals surface area contributed by atoms with Crippen LogP contribution in [0.2, 0.25) is 0 Å². The first-order valence-electron chi connectivity index (χ1n) is 5.27. The van der Waals surface area contributed by atoms with Gasteiger partial charge in [-0.05, 0) is 18.4 Å². The second-order valence-electron chi connectivity index (χ2n) is 3.55. The zero-order valence-corrected chi connectivity index (χ0v) is 9.59. The third kappa shape index (κ3) is 6.59. The van der Waals surface area contributed by atoms with Gasteiger partial charge in [0.05, 0.1) is 10.8 Å². The molecule has 8 heteroatoms. The first kappa shape index (κ1) is 15.0. The lowest BCUT2D eigenvalue weighted by molar-refractivity contribution is -0.527. The van der Waals surface area contributed by atoms with Gasteiger partial charge in [0.2, 0.25) is 0 Å². The molecule has 0 saturated heterocycles. The fourth-order valence-corrected chi connectivity index (χ4v) is 1.42. The van der Waals surface area contributed by atoms with E-state index in [4.69, 9.17) is 20.8 Å². The van der Waals surface area contributed by atoms with Crippen LogP contribution in [0.15, 0.2) is 30.3 Å². The average molecular weight is 260 g/mol. The lowest BCUT2D eigenvalue weighted by Gasteiger charge is -2.18. The lowest BCUT2D eigenvalue weighted by Crippen LogP contribution is -2.31. The van der Waals surface area contributed by atoms with E-state index in [2.05, 4.69) is 9.68 Å². The maximum Gasteiger partial charge on any atom is 0.110 e. The van der Waals surface area contributed by atoms with Crippen LogP contribution in [0.4, 0.5) is 0 Å². The van der Waals surface area contributed by atoms with Crippen LogP contribution < -0.4 is 0 Å². The fraction of sp³-hybridized carbons (Fsp3) is 0.400. The summed E-state index contributed by atoms with van der Waals surface area (Å²) in [7, 11) is 0. The minimum absolute atomic E-state index is 0.253. The van der Waals surface area contributed by atoms with Crippen molar-refractivity contribution in [3.8, 4) is 0 Å². The van der Waals surface area contributed by atoms with E-state index in [1.807, 2.05) is 30.3 Å². The highest BCUT2D eigenvalue weighted by molar-refractivity contribution is 5.14. The number of benzene rings is 1. The molecular formula is C10H16N2O6. The van der Waals surface area contributed by atoms with Crippen molar-refractivity contribution in [1.82, 2.24) is 10.8 Å². The van der Waals surface area contributed by atoms with Gasteiger partial charge in [-0.2, -0.15) is 0 Å². The number of nitrogens with zero attached hydrogens (tertiary/aromatic N) is 2. The molecule has 1 atom stereocenters. The zero-order chi connectivity index (χ0) is 13.4. The molecule has 0 aliphatic rings. The van der Waals surface area contributed by atoms with Gasteiger partial charge in [0.15, 0.2) is 0 Å². The molecule has 0 aliphatic heterocycles. The minimum Gasteiger partial charge on any atom is -0.266 e. The molecule has 0 aliphatic carbocycles. The van der Waals surface area contributed by atoms with Crippen molar-refractivity contribution in [2.24, 2.45) is 0 Å². The molecule has 102 valence electrons. The number of aryl methyl sites for hydroxylation is 1. The van der Waals surface area contributed by atoms with E-state index in [1.165, 1.54) is 0 Å². The molecule has 1 aromatic carbocycles. The fourth-order valence-electron chi connectivity index (χ4n) is 1.42. The van der Waals surface area contributed by atoms with Gasteiger partial charge < -0.3 is 0 Å².